The second-order valence-corrected chi connectivity index (χ2v) is 9.73. The molecule has 4 N–H and O–H groups in total. The topological polar surface area (TPSA) is 122 Å². The van der Waals surface area contributed by atoms with Crippen molar-refractivity contribution >= 4 is 49.9 Å². The third kappa shape index (κ3) is 4.36. The minimum atomic E-state index is -0.111. The van der Waals surface area contributed by atoms with Crippen LogP contribution in [-0.4, -0.2) is 58.9 Å². The van der Waals surface area contributed by atoms with Crippen molar-refractivity contribution < 1.29 is 9.53 Å². The Morgan fingerprint density at radius 3 is 2.81 bits per heavy atom. The van der Waals surface area contributed by atoms with Gasteiger partial charge >= 0.3 is 0 Å². The van der Waals surface area contributed by atoms with E-state index < -0.39 is 0 Å². The molecule has 0 aliphatic carbocycles. The predicted molar refractivity (Wildman–Crippen MR) is 142 cm³/mol. The molecule has 1 aliphatic heterocycles. The standard InChI is InChI=1S/C26H25N7O2S/c27-17-6-4-16(5-7-17)8-9-28-26(34)22-14-21-23(36-22)25(33-10-12-35-13-11-33)31-24(30-21)18-2-1-3-20-19(18)15-29-32-20/h1-7,14-15H,8-13,27H2,(H,28,34)(H,29,32). The molecule has 10 heteroatoms. The van der Waals surface area contributed by atoms with Crippen molar-refractivity contribution in [3.63, 3.8) is 0 Å². The van der Waals surface area contributed by atoms with Crippen LogP contribution in [0.15, 0.2) is 54.7 Å². The van der Waals surface area contributed by atoms with Gasteiger partial charge in [0.05, 0.1) is 40.0 Å². The van der Waals surface area contributed by atoms with Gasteiger partial charge in [0.15, 0.2) is 11.6 Å². The molecule has 0 radical (unpaired) electrons. The van der Waals surface area contributed by atoms with Crippen molar-refractivity contribution in [2.75, 3.05) is 43.5 Å². The molecule has 36 heavy (non-hydrogen) atoms. The second-order valence-electron chi connectivity index (χ2n) is 8.68. The Morgan fingerprint density at radius 2 is 1.97 bits per heavy atom. The van der Waals surface area contributed by atoms with Gasteiger partial charge in [0.1, 0.15) is 0 Å². The maximum Gasteiger partial charge on any atom is 0.261 e. The van der Waals surface area contributed by atoms with E-state index >= 15 is 0 Å². The molecule has 0 unspecified atom stereocenters. The zero-order valence-corrected chi connectivity index (χ0v) is 20.3. The molecule has 3 aromatic heterocycles. The predicted octanol–water partition coefficient (Wildman–Crippen LogP) is 3.63. The second kappa shape index (κ2) is 9.56. The van der Waals surface area contributed by atoms with Crippen LogP contribution in [0.2, 0.25) is 0 Å². The third-order valence-electron chi connectivity index (χ3n) is 6.29. The Morgan fingerprint density at radius 1 is 1.14 bits per heavy atom. The van der Waals surface area contributed by atoms with Crippen molar-refractivity contribution in [1.82, 2.24) is 25.5 Å². The average Bonchev–Trinajstić information content (AvgIpc) is 3.57. The number of aromatic nitrogens is 4. The lowest BCUT2D eigenvalue weighted by atomic mass is 10.1. The number of nitrogens with one attached hydrogen (secondary N) is 2. The minimum Gasteiger partial charge on any atom is -0.399 e. The van der Waals surface area contributed by atoms with Gasteiger partial charge in [0.25, 0.3) is 5.91 Å². The van der Waals surface area contributed by atoms with Crippen molar-refractivity contribution in [3.8, 4) is 11.4 Å². The number of morpholine rings is 1. The molecule has 1 fully saturated rings. The summed E-state index contributed by atoms with van der Waals surface area (Å²) in [6.07, 6.45) is 2.52. The van der Waals surface area contributed by atoms with Crippen LogP contribution in [0.4, 0.5) is 11.5 Å². The summed E-state index contributed by atoms with van der Waals surface area (Å²) in [4.78, 5) is 25.7. The first-order valence-electron chi connectivity index (χ1n) is 11.8. The number of fused-ring (bicyclic) bond motifs is 2. The van der Waals surface area contributed by atoms with Crippen LogP contribution in [0.25, 0.3) is 32.5 Å². The van der Waals surface area contributed by atoms with Crippen molar-refractivity contribution in [2.45, 2.75) is 6.42 Å². The van der Waals surface area contributed by atoms with Crippen LogP contribution in [0.3, 0.4) is 0 Å². The molecular formula is C26H25N7O2S. The number of amides is 1. The zero-order chi connectivity index (χ0) is 24.5. The van der Waals surface area contributed by atoms with E-state index in [2.05, 4.69) is 20.4 Å². The largest absolute Gasteiger partial charge is 0.399 e. The average molecular weight is 500 g/mol. The number of H-pyrrole nitrogens is 1. The monoisotopic (exact) mass is 499 g/mol. The fourth-order valence-corrected chi connectivity index (χ4v) is 5.42. The molecule has 5 aromatic rings. The number of hydrogen-bond donors (Lipinski definition) is 3. The molecule has 0 atom stereocenters. The molecule has 9 nitrogen and oxygen atoms in total. The SMILES string of the molecule is Nc1ccc(CCNC(=O)c2cc3nc(-c4cccc5[nH]ncc45)nc(N4CCOCC4)c3s2)cc1. The van der Waals surface area contributed by atoms with Gasteiger partial charge in [-0.3, -0.25) is 9.89 Å². The smallest absolute Gasteiger partial charge is 0.261 e. The maximum absolute atomic E-state index is 13.0. The van der Waals surface area contributed by atoms with Gasteiger partial charge in [0, 0.05) is 36.3 Å². The molecule has 0 spiro atoms. The van der Waals surface area contributed by atoms with Gasteiger partial charge in [-0.25, -0.2) is 9.97 Å². The van der Waals surface area contributed by atoms with E-state index in [0.717, 1.165) is 63.3 Å². The molecule has 0 saturated carbocycles. The highest BCUT2D eigenvalue weighted by Gasteiger charge is 2.22. The first-order valence-corrected chi connectivity index (χ1v) is 12.7. The number of anilines is 2. The van der Waals surface area contributed by atoms with E-state index in [9.17, 15) is 4.79 Å². The molecule has 1 amide bonds. The van der Waals surface area contributed by atoms with Crippen LogP contribution in [0.5, 0.6) is 0 Å². The van der Waals surface area contributed by atoms with Gasteiger partial charge in [-0.05, 0) is 36.2 Å². The van der Waals surface area contributed by atoms with Crippen LogP contribution < -0.4 is 16.0 Å². The van der Waals surface area contributed by atoms with Crippen LogP contribution in [-0.2, 0) is 11.2 Å². The lowest BCUT2D eigenvalue weighted by molar-refractivity contribution is 0.0958. The number of carbonyl (C=O) groups excluding carboxylic acids is 1. The van der Waals surface area contributed by atoms with Crippen LogP contribution in [0.1, 0.15) is 15.2 Å². The minimum absolute atomic E-state index is 0.111. The fourth-order valence-electron chi connectivity index (χ4n) is 4.39. The summed E-state index contributed by atoms with van der Waals surface area (Å²) in [6, 6.07) is 15.5. The first-order chi connectivity index (χ1) is 17.7. The number of thiophene rings is 1. The normalized spacial score (nSPS) is 13.9. The molecule has 1 aliphatic rings. The lowest BCUT2D eigenvalue weighted by Crippen LogP contribution is -2.36. The quantitative estimate of drug-likeness (QED) is 0.305. The van der Waals surface area contributed by atoms with Gasteiger partial charge < -0.3 is 20.7 Å². The van der Waals surface area contributed by atoms with Gasteiger partial charge in [-0.2, -0.15) is 5.10 Å². The van der Waals surface area contributed by atoms with E-state index in [0.29, 0.717) is 30.5 Å². The zero-order valence-electron chi connectivity index (χ0n) is 19.5. The molecular weight excluding hydrogens is 474 g/mol. The fraction of sp³-hybridized carbons (Fsp3) is 0.231. The Hall–Kier alpha value is -4.02. The number of ether oxygens (including phenoxy) is 1. The molecule has 2 aromatic carbocycles. The van der Waals surface area contributed by atoms with Crippen molar-refractivity contribution in [1.29, 1.82) is 0 Å². The molecule has 6 rings (SSSR count). The first kappa shape index (κ1) is 22.4. The Bertz CT molecular complexity index is 1540. The highest BCUT2D eigenvalue weighted by molar-refractivity contribution is 7.21. The third-order valence-corrected chi connectivity index (χ3v) is 7.41. The van der Waals surface area contributed by atoms with E-state index in [1.54, 1.807) is 6.20 Å². The van der Waals surface area contributed by atoms with E-state index in [-0.39, 0.29) is 5.91 Å². The number of nitrogen functional groups attached to an aromatic ring is 1. The van der Waals surface area contributed by atoms with Crippen LogP contribution >= 0.6 is 11.3 Å². The number of benzene rings is 2. The number of nitrogens with zero attached hydrogens (tertiary/aromatic N) is 4. The number of hydrogen-bond acceptors (Lipinski definition) is 8. The van der Waals surface area contributed by atoms with E-state index in [4.69, 9.17) is 20.4 Å². The lowest BCUT2D eigenvalue weighted by Gasteiger charge is -2.28. The Labute approximate surface area is 211 Å². The van der Waals surface area contributed by atoms with Gasteiger partial charge in [-0.15, -0.1) is 11.3 Å². The number of aromatic amines is 1. The highest BCUT2D eigenvalue weighted by atomic mass is 32.1. The van der Waals surface area contributed by atoms with Crippen LogP contribution in [0, 0.1) is 0 Å². The molecule has 0 bridgehead atoms. The number of carbonyl (C=O) groups is 1. The summed E-state index contributed by atoms with van der Waals surface area (Å²) in [5.74, 6) is 1.34. The van der Waals surface area contributed by atoms with Crippen molar-refractivity contribution in [2.24, 2.45) is 0 Å². The Balaban J connectivity index is 1.33. The summed E-state index contributed by atoms with van der Waals surface area (Å²) >= 11 is 1.43. The summed E-state index contributed by atoms with van der Waals surface area (Å²) in [5, 5.41) is 11.2. The molecule has 1 saturated heterocycles. The summed E-state index contributed by atoms with van der Waals surface area (Å²) in [7, 11) is 0. The van der Waals surface area contributed by atoms with Gasteiger partial charge in [0.2, 0.25) is 0 Å². The molecule has 4 heterocycles. The summed E-state index contributed by atoms with van der Waals surface area (Å²) in [5.41, 5.74) is 10.2. The summed E-state index contributed by atoms with van der Waals surface area (Å²) < 4.78 is 6.47. The summed E-state index contributed by atoms with van der Waals surface area (Å²) in [6.45, 7) is 3.29. The Kier molecular flexibility index (Phi) is 5.96. The van der Waals surface area contributed by atoms with E-state index in [1.165, 1.54) is 11.3 Å². The number of nitrogens with two attached hydrogens (primary N) is 1. The number of rotatable bonds is 6. The highest BCUT2D eigenvalue weighted by Crippen LogP contribution is 2.35. The van der Waals surface area contributed by atoms with Crippen molar-refractivity contribution in [3.05, 3.63) is 65.2 Å². The molecule has 182 valence electrons. The van der Waals surface area contributed by atoms with E-state index in [1.807, 2.05) is 48.5 Å². The van der Waals surface area contributed by atoms with Gasteiger partial charge in [-0.1, -0.05) is 24.3 Å². The maximum atomic E-state index is 13.0.